The largest absolute Gasteiger partial charge is 0.497 e. The number of halogens is 1. The Morgan fingerprint density at radius 3 is 2.12 bits per heavy atom. The Labute approximate surface area is 158 Å². The number of nitrogens with zero attached hydrogens (tertiary/aromatic N) is 1. The van der Waals surface area contributed by atoms with Gasteiger partial charge >= 0.3 is 0 Å². The van der Waals surface area contributed by atoms with E-state index in [2.05, 4.69) is 46.8 Å². The lowest BCUT2D eigenvalue weighted by atomic mass is 9.71. The number of likely N-dealkylation sites (tertiary alicyclic amines) is 1. The van der Waals surface area contributed by atoms with Crippen molar-refractivity contribution in [3.05, 3.63) is 64.1 Å². The molecule has 1 unspecified atom stereocenters. The first kappa shape index (κ1) is 18.4. The van der Waals surface area contributed by atoms with Crippen LogP contribution in [0.25, 0.3) is 0 Å². The number of piperidine rings is 1. The first-order valence-electron chi connectivity index (χ1n) is 8.77. The Balaban J connectivity index is 1.73. The SMILES string of the molecule is COc1ccc(CN2C[C@@H](C)C(O)(c3ccc(Br)cc3)[C@@H](C)C2)cc1. The van der Waals surface area contributed by atoms with Crippen LogP contribution in [0.5, 0.6) is 5.75 Å². The molecule has 0 bridgehead atoms. The number of hydrogen-bond donors (Lipinski definition) is 1. The topological polar surface area (TPSA) is 32.7 Å². The summed E-state index contributed by atoms with van der Waals surface area (Å²) in [5.74, 6) is 1.21. The Kier molecular flexibility index (Phi) is 5.52. The van der Waals surface area contributed by atoms with Gasteiger partial charge in [0.05, 0.1) is 12.7 Å². The maximum absolute atomic E-state index is 11.5. The molecule has 134 valence electrons. The van der Waals surface area contributed by atoms with Crippen molar-refractivity contribution in [2.75, 3.05) is 20.2 Å². The standard InChI is InChI=1S/C21H26BrNO2/c1-15-12-23(14-17-4-10-20(25-3)11-5-17)13-16(2)21(15,24)18-6-8-19(22)9-7-18/h4-11,15-16,24H,12-14H2,1-3H3/t15-,16+,21?. The molecule has 1 fully saturated rings. The number of ether oxygens (including phenoxy) is 1. The van der Waals surface area contributed by atoms with Gasteiger partial charge in [0.2, 0.25) is 0 Å². The van der Waals surface area contributed by atoms with Crippen molar-refractivity contribution >= 4 is 15.9 Å². The van der Waals surface area contributed by atoms with Gasteiger partial charge < -0.3 is 9.84 Å². The molecule has 2 aromatic rings. The summed E-state index contributed by atoms with van der Waals surface area (Å²) in [5, 5.41) is 11.5. The molecule has 0 amide bonds. The van der Waals surface area contributed by atoms with Crippen LogP contribution in [0, 0.1) is 11.8 Å². The lowest BCUT2D eigenvalue weighted by Crippen LogP contribution is -2.54. The van der Waals surface area contributed by atoms with Crippen molar-refractivity contribution in [1.82, 2.24) is 4.90 Å². The second kappa shape index (κ2) is 7.48. The van der Waals surface area contributed by atoms with Crippen molar-refractivity contribution < 1.29 is 9.84 Å². The van der Waals surface area contributed by atoms with Crippen molar-refractivity contribution in [3.8, 4) is 5.75 Å². The zero-order valence-corrected chi connectivity index (χ0v) is 16.7. The maximum atomic E-state index is 11.5. The predicted octanol–water partition coefficient (Wildman–Crippen LogP) is 4.43. The van der Waals surface area contributed by atoms with Gasteiger partial charge in [-0.3, -0.25) is 4.90 Å². The van der Waals surface area contributed by atoms with E-state index in [1.54, 1.807) is 7.11 Å². The van der Waals surface area contributed by atoms with E-state index in [0.717, 1.165) is 35.4 Å². The highest BCUT2D eigenvalue weighted by molar-refractivity contribution is 9.10. The average Bonchev–Trinajstić information content (AvgIpc) is 2.61. The third kappa shape index (κ3) is 3.76. The Bertz CT molecular complexity index is 687. The first-order valence-corrected chi connectivity index (χ1v) is 9.56. The molecule has 0 spiro atoms. The first-order chi connectivity index (χ1) is 11.9. The number of rotatable bonds is 4. The van der Waals surface area contributed by atoms with Crippen LogP contribution in [-0.2, 0) is 12.1 Å². The zero-order valence-electron chi connectivity index (χ0n) is 15.1. The monoisotopic (exact) mass is 403 g/mol. The zero-order chi connectivity index (χ0) is 18.0. The molecule has 1 aliphatic rings. The minimum absolute atomic E-state index is 0.163. The predicted molar refractivity (Wildman–Crippen MR) is 105 cm³/mol. The molecule has 1 heterocycles. The summed E-state index contributed by atoms with van der Waals surface area (Å²) < 4.78 is 6.27. The van der Waals surface area contributed by atoms with E-state index in [1.807, 2.05) is 36.4 Å². The maximum Gasteiger partial charge on any atom is 0.118 e. The van der Waals surface area contributed by atoms with Crippen molar-refractivity contribution in [1.29, 1.82) is 0 Å². The van der Waals surface area contributed by atoms with Gasteiger partial charge in [0.25, 0.3) is 0 Å². The normalized spacial score (nSPS) is 27.2. The minimum Gasteiger partial charge on any atom is -0.497 e. The van der Waals surface area contributed by atoms with Gasteiger partial charge in [-0.15, -0.1) is 0 Å². The molecular weight excluding hydrogens is 378 g/mol. The van der Waals surface area contributed by atoms with Gasteiger partial charge in [0.15, 0.2) is 0 Å². The quantitative estimate of drug-likeness (QED) is 0.818. The van der Waals surface area contributed by atoms with Gasteiger partial charge in [-0.05, 0) is 35.4 Å². The van der Waals surface area contributed by atoms with Crippen LogP contribution in [-0.4, -0.2) is 30.2 Å². The fourth-order valence-corrected chi connectivity index (χ4v) is 4.28. The van der Waals surface area contributed by atoms with Crippen LogP contribution in [0.1, 0.15) is 25.0 Å². The van der Waals surface area contributed by atoms with Gasteiger partial charge in [-0.25, -0.2) is 0 Å². The minimum atomic E-state index is -0.781. The van der Waals surface area contributed by atoms with Gasteiger partial charge in [0.1, 0.15) is 5.75 Å². The molecule has 2 aromatic carbocycles. The van der Waals surface area contributed by atoms with E-state index in [1.165, 1.54) is 5.56 Å². The number of aliphatic hydroxyl groups is 1. The molecule has 0 saturated carbocycles. The molecule has 3 nitrogen and oxygen atoms in total. The van der Waals surface area contributed by atoms with Crippen LogP contribution in [0.3, 0.4) is 0 Å². The van der Waals surface area contributed by atoms with E-state index in [9.17, 15) is 5.11 Å². The number of hydrogen-bond acceptors (Lipinski definition) is 3. The van der Waals surface area contributed by atoms with Crippen LogP contribution < -0.4 is 4.74 Å². The molecule has 1 saturated heterocycles. The summed E-state index contributed by atoms with van der Waals surface area (Å²) in [4.78, 5) is 2.43. The highest BCUT2D eigenvalue weighted by Gasteiger charge is 2.45. The highest BCUT2D eigenvalue weighted by atomic mass is 79.9. The molecule has 0 aromatic heterocycles. The number of methoxy groups -OCH3 is 1. The molecule has 1 N–H and O–H groups in total. The van der Waals surface area contributed by atoms with E-state index in [4.69, 9.17) is 4.74 Å². The second-order valence-corrected chi connectivity index (χ2v) is 8.09. The van der Waals surface area contributed by atoms with Gasteiger partial charge in [0, 0.05) is 35.9 Å². The summed E-state index contributed by atoms with van der Waals surface area (Å²) in [5.41, 5.74) is 1.51. The van der Waals surface area contributed by atoms with E-state index in [-0.39, 0.29) is 11.8 Å². The number of benzene rings is 2. The Hall–Kier alpha value is -1.36. The van der Waals surface area contributed by atoms with E-state index in [0.29, 0.717) is 0 Å². The molecular formula is C21H26BrNO2. The molecule has 25 heavy (non-hydrogen) atoms. The smallest absolute Gasteiger partial charge is 0.118 e. The Morgan fingerprint density at radius 1 is 1.04 bits per heavy atom. The molecule has 0 aliphatic carbocycles. The van der Waals surface area contributed by atoms with E-state index < -0.39 is 5.60 Å². The summed E-state index contributed by atoms with van der Waals surface area (Å²) >= 11 is 3.48. The van der Waals surface area contributed by atoms with E-state index >= 15 is 0 Å². The third-order valence-electron chi connectivity index (χ3n) is 5.44. The summed E-state index contributed by atoms with van der Waals surface area (Å²) in [6.45, 7) is 6.96. The average molecular weight is 404 g/mol. The van der Waals surface area contributed by atoms with Crippen LogP contribution in [0.4, 0.5) is 0 Å². The molecule has 0 radical (unpaired) electrons. The molecule has 3 rings (SSSR count). The summed E-state index contributed by atoms with van der Waals surface area (Å²) in [6.07, 6.45) is 0. The lowest BCUT2D eigenvalue weighted by Gasteiger charge is -2.48. The summed E-state index contributed by atoms with van der Waals surface area (Å²) in [7, 11) is 1.69. The van der Waals surface area contributed by atoms with Crippen molar-refractivity contribution in [2.45, 2.75) is 26.0 Å². The second-order valence-electron chi connectivity index (χ2n) is 7.18. The fraction of sp³-hybridized carbons (Fsp3) is 0.429. The fourth-order valence-electron chi connectivity index (χ4n) is 4.02. The van der Waals surface area contributed by atoms with Crippen LogP contribution >= 0.6 is 15.9 Å². The van der Waals surface area contributed by atoms with Crippen molar-refractivity contribution in [3.63, 3.8) is 0 Å². The third-order valence-corrected chi connectivity index (χ3v) is 5.97. The highest BCUT2D eigenvalue weighted by Crippen LogP contribution is 2.41. The Morgan fingerprint density at radius 2 is 1.60 bits per heavy atom. The van der Waals surface area contributed by atoms with Gasteiger partial charge in [-0.2, -0.15) is 0 Å². The van der Waals surface area contributed by atoms with Crippen LogP contribution in [0.2, 0.25) is 0 Å². The molecule has 3 atom stereocenters. The molecule has 1 aliphatic heterocycles. The summed E-state index contributed by atoms with van der Waals surface area (Å²) in [6, 6.07) is 16.3. The lowest BCUT2D eigenvalue weighted by molar-refractivity contribution is -0.114. The molecule has 4 heteroatoms. The van der Waals surface area contributed by atoms with Crippen LogP contribution in [0.15, 0.2) is 53.0 Å². The van der Waals surface area contributed by atoms with Crippen molar-refractivity contribution in [2.24, 2.45) is 11.8 Å². The van der Waals surface area contributed by atoms with Gasteiger partial charge in [-0.1, -0.05) is 54.0 Å².